The fourth-order valence-electron chi connectivity index (χ4n) is 3.18. The van der Waals surface area contributed by atoms with Gasteiger partial charge in [-0.25, -0.2) is 12.8 Å². The highest BCUT2D eigenvalue weighted by atomic mass is 32.2. The molecule has 0 aromatic heterocycles. The molecule has 0 unspecified atom stereocenters. The number of piperidine rings is 1. The Morgan fingerprint density at radius 2 is 1.71 bits per heavy atom. The van der Waals surface area contributed by atoms with Crippen LogP contribution in [0, 0.1) is 17.7 Å². The van der Waals surface area contributed by atoms with Crippen LogP contribution in [0.5, 0.6) is 5.75 Å². The summed E-state index contributed by atoms with van der Waals surface area (Å²) in [5.74, 6) is 6.31. The summed E-state index contributed by atoms with van der Waals surface area (Å²) >= 11 is 0. The van der Waals surface area contributed by atoms with Gasteiger partial charge in [0.25, 0.3) is 0 Å². The number of halogens is 1. The molecule has 1 heterocycles. The molecule has 0 saturated carbocycles. The quantitative estimate of drug-likeness (QED) is 0.733. The third kappa shape index (κ3) is 5.22. The third-order valence-electron chi connectivity index (χ3n) is 4.79. The van der Waals surface area contributed by atoms with Gasteiger partial charge in [0.15, 0.2) is 0 Å². The molecule has 1 aliphatic rings. The lowest BCUT2D eigenvalue weighted by Gasteiger charge is -2.30. The predicted octanol–water partition coefficient (Wildman–Crippen LogP) is 3.91. The fraction of sp³-hybridized carbons (Fsp3) is 0.273. The number of hydrogen-bond acceptors (Lipinski definition) is 3. The molecule has 146 valence electrons. The smallest absolute Gasteiger partial charge is 0.236 e. The van der Waals surface area contributed by atoms with Crippen molar-refractivity contribution in [3.05, 3.63) is 77.0 Å². The second kappa shape index (κ2) is 9.05. The summed E-state index contributed by atoms with van der Waals surface area (Å²) in [7, 11) is -1.86. The third-order valence-corrected chi connectivity index (χ3v) is 6.35. The molecule has 4 nitrogen and oxygen atoms in total. The molecular formula is C22H22FNO3S. The first kappa shape index (κ1) is 20.1. The number of allylic oxidation sites excluding steroid dienone is 1. The lowest BCUT2D eigenvalue weighted by molar-refractivity contribution is 0.322. The number of sulfonamides is 1. The summed E-state index contributed by atoms with van der Waals surface area (Å²) in [6, 6.07) is 13.7. The van der Waals surface area contributed by atoms with Crippen molar-refractivity contribution in [1.29, 1.82) is 0 Å². The first-order valence-electron chi connectivity index (χ1n) is 9.06. The van der Waals surface area contributed by atoms with Gasteiger partial charge in [-0.15, -0.1) is 0 Å². The molecule has 0 amide bonds. The van der Waals surface area contributed by atoms with Crippen molar-refractivity contribution in [2.45, 2.75) is 18.8 Å². The number of rotatable bonds is 4. The molecule has 0 bridgehead atoms. The monoisotopic (exact) mass is 399 g/mol. The van der Waals surface area contributed by atoms with E-state index in [0.717, 1.165) is 24.0 Å². The summed E-state index contributed by atoms with van der Waals surface area (Å²) in [5, 5.41) is 1.14. The minimum Gasteiger partial charge on any atom is -0.497 e. The van der Waals surface area contributed by atoms with Crippen LogP contribution < -0.4 is 4.74 Å². The van der Waals surface area contributed by atoms with Gasteiger partial charge in [0.1, 0.15) is 11.6 Å². The number of benzene rings is 2. The van der Waals surface area contributed by atoms with Crippen LogP contribution >= 0.6 is 0 Å². The van der Waals surface area contributed by atoms with Crippen LogP contribution in [0.4, 0.5) is 4.39 Å². The normalized spacial score (nSPS) is 15.9. The van der Waals surface area contributed by atoms with Gasteiger partial charge in [0, 0.05) is 24.7 Å². The van der Waals surface area contributed by atoms with Crippen LogP contribution in [0.2, 0.25) is 0 Å². The van der Waals surface area contributed by atoms with E-state index in [2.05, 4.69) is 11.8 Å². The zero-order valence-electron chi connectivity index (χ0n) is 15.6. The number of methoxy groups -OCH3 is 1. The Hall–Kier alpha value is -2.62. The lowest BCUT2D eigenvalue weighted by atomic mass is 9.90. The van der Waals surface area contributed by atoms with E-state index < -0.39 is 10.0 Å². The van der Waals surface area contributed by atoms with Gasteiger partial charge in [0.2, 0.25) is 10.0 Å². The molecule has 1 fully saturated rings. The maximum Gasteiger partial charge on any atom is 0.236 e. The maximum absolute atomic E-state index is 12.9. The van der Waals surface area contributed by atoms with Gasteiger partial charge in [-0.1, -0.05) is 24.0 Å². The van der Waals surface area contributed by atoms with Crippen LogP contribution in [0.1, 0.15) is 29.9 Å². The van der Waals surface area contributed by atoms with Gasteiger partial charge in [0.05, 0.1) is 12.5 Å². The Labute approximate surface area is 165 Å². The second-order valence-electron chi connectivity index (χ2n) is 6.57. The van der Waals surface area contributed by atoms with Crippen molar-refractivity contribution in [2.24, 2.45) is 0 Å². The maximum atomic E-state index is 12.9. The summed E-state index contributed by atoms with van der Waals surface area (Å²) < 4.78 is 44.5. The highest BCUT2D eigenvalue weighted by Crippen LogP contribution is 2.30. The standard InChI is InChI=1S/C22H22FNO3S/c1-27-22-11-7-19(8-12-22)20-13-15-24(16-14-20)28(25,26)17-3-2-4-18-5-9-21(23)10-6-18/h3,5-12,17,20H,13-16H2,1H3. The number of hydrogen-bond donors (Lipinski definition) is 0. The van der Waals surface area contributed by atoms with Crippen molar-refractivity contribution in [3.8, 4) is 17.6 Å². The predicted molar refractivity (Wildman–Crippen MR) is 108 cm³/mol. The van der Waals surface area contributed by atoms with Crippen molar-refractivity contribution in [2.75, 3.05) is 20.2 Å². The number of nitrogens with zero attached hydrogens (tertiary/aromatic N) is 1. The van der Waals surface area contributed by atoms with E-state index in [1.54, 1.807) is 19.2 Å². The van der Waals surface area contributed by atoms with E-state index in [1.165, 1.54) is 28.1 Å². The Balaban J connectivity index is 1.57. The molecule has 0 N–H and O–H groups in total. The van der Waals surface area contributed by atoms with E-state index in [4.69, 9.17) is 4.74 Å². The van der Waals surface area contributed by atoms with Crippen molar-refractivity contribution < 1.29 is 17.5 Å². The molecule has 2 aromatic rings. The molecule has 28 heavy (non-hydrogen) atoms. The Morgan fingerprint density at radius 3 is 2.32 bits per heavy atom. The molecule has 2 aromatic carbocycles. The molecule has 6 heteroatoms. The zero-order valence-corrected chi connectivity index (χ0v) is 16.5. The molecule has 0 spiro atoms. The van der Waals surface area contributed by atoms with Gasteiger partial charge < -0.3 is 4.74 Å². The van der Waals surface area contributed by atoms with E-state index in [-0.39, 0.29) is 5.82 Å². The minimum atomic E-state index is -3.49. The lowest BCUT2D eigenvalue weighted by Crippen LogP contribution is -2.36. The largest absolute Gasteiger partial charge is 0.497 e. The Bertz CT molecular complexity index is 979. The molecule has 3 rings (SSSR count). The molecule has 1 saturated heterocycles. The summed E-state index contributed by atoms with van der Waals surface area (Å²) in [6.07, 6.45) is 2.88. The SMILES string of the molecule is COc1ccc(C2CCN(S(=O)(=O)C=CC#Cc3ccc(F)cc3)CC2)cc1. The van der Waals surface area contributed by atoms with Crippen LogP contribution in [0.25, 0.3) is 0 Å². The number of ether oxygens (including phenoxy) is 1. The molecule has 1 aliphatic heterocycles. The van der Waals surface area contributed by atoms with E-state index in [0.29, 0.717) is 24.6 Å². The van der Waals surface area contributed by atoms with E-state index in [9.17, 15) is 12.8 Å². The molecule has 0 atom stereocenters. The Kier molecular flexibility index (Phi) is 6.50. The van der Waals surface area contributed by atoms with Gasteiger partial charge in [-0.2, -0.15) is 4.31 Å². The topological polar surface area (TPSA) is 46.6 Å². The molecular weight excluding hydrogens is 377 g/mol. The molecule has 0 radical (unpaired) electrons. The summed E-state index contributed by atoms with van der Waals surface area (Å²) in [4.78, 5) is 0. The van der Waals surface area contributed by atoms with Crippen molar-refractivity contribution in [1.82, 2.24) is 4.31 Å². The minimum absolute atomic E-state index is 0.332. The fourth-order valence-corrected chi connectivity index (χ4v) is 4.32. The Morgan fingerprint density at radius 1 is 1.07 bits per heavy atom. The zero-order chi connectivity index (χ0) is 20.0. The van der Waals surface area contributed by atoms with E-state index in [1.807, 2.05) is 24.3 Å². The first-order valence-corrected chi connectivity index (χ1v) is 10.6. The average molecular weight is 399 g/mol. The highest BCUT2D eigenvalue weighted by molar-refractivity contribution is 7.92. The summed E-state index contributed by atoms with van der Waals surface area (Å²) in [6.45, 7) is 0.962. The van der Waals surface area contributed by atoms with Crippen LogP contribution in [0.3, 0.4) is 0 Å². The second-order valence-corrected chi connectivity index (χ2v) is 8.39. The van der Waals surface area contributed by atoms with E-state index >= 15 is 0 Å². The van der Waals surface area contributed by atoms with Gasteiger partial charge in [-0.05, 0) is 60.7 Å². The molecule has 0 aliphatic carbocycles. The average Bonchev–Trinajstić information content (AvgIpc) is 2.73. The van der Waals surface area contributed by atoms with Crippen LogP contribution in [0.15, 0.2) is 60.0 Å². The van der Waals surface area contributed by atoms with Gasteiger partial charge in [-0.3, -0.25) is 0 Å². The van der Waals surface area contributed by atoms with Crippen LogP contribution in [-0.2, 0) is 10.0 Å². The first-order chi connectivity index (χ1) is 13.5. The summed E-state index contributed by atoms with van der Waals surface area (Å²) in [5.41, 5.74) is 1.84. The van der Waals surface area contributed by atoms with Crippen LogP contribution in [-0.4, -0.2) is 32.9 Å². The van der Waals surface area contributed by atoms with Gasteiger partial charge >= 0.3 is 0 Å². The highest BCUT2D eigenvalue weighted by Gasteiger charge is 2.26. The van der Waals surface area contributed by atoms with Crippen molar-refractivity contribution >= 4 is 10.0 Å². The van der Waals surface area contributed by atoms with Crippen molar-refractivity contribution in [3.63, 3.8) is 0 Å².